The molecule has 1 aromatic heterocycles. The summed E-state index contributed by atoms with van der Waals surface area (Å²) < 4.78 is 28.2. The number of benzene rings is 1. The van der Waals surface area contributed by atoms with E-state index in [9.17, 15) is 8.78 Å². The number of halogens is 2. The van der Waals surface area contributed by atoms with Crippen molar-refractivity contribution in [1.82, 2.24) is 9.55 Å². The molecule has 1 atom stereocenters. The van der Waals surface area contributed by atoms with E-state index in [1.165, 1.54) is 12.1 Å². The molecule has 0 bridgehead atoms. The number of fused-ring (bicyclic) bond motifs is 1. The number of rotatable bonds is 1. The van der Waals surface area contributed by atoms with Gasteiger partial charge in [0.25, 0.3) is 0 Å². The Hall–Kier alpha value is -1.71. The Kier molecular flexibility index (Phi) is 2.42. The van der Waals surface area contributed by atoms with Crippen LogP contribution in [-0.4, -0.2) is 9.55 Å². The van der Waals surface area contributed by atoms with Crippen molar-refractivity contribution < 1.29 is 8.78 Å². The third-order valence-corrected chi connectivity index (χ3v) is 3.34. The first kappa shape index (κ1) is 10.4. The fraction of sp³-hybridized carbons (Fsp3) is 0.308. The SMILES string of the molecule is Fc1ccc(C2CCCn3cncc32)cc1F. The zero-order valence-corrected chi connectivity index (χ0v) is 9.24. The quantitative estimate of drug-likeness (QED) is 0.741. The van der Waals surface area contributed by atoms with Gasteiger partial charge in [-0.05, 0) is 30.5 Å². The number of aryl methyl sites for hydroxylation is 1. The lowest BCUT2D eigenvalue weighted by molar-refractivity contribution is 0.481. The molecule has 4 heteroatoms. The second-order valence-electron chi connectivity index (χ2n) is 4.38. The first-order valence-corrected chi connectivity index (χ1v) is 5.70. The van der Waals surface area contributed by atoms with Crippen LogP contribution in [0.4, 0.5) is 8.78 Å². The number of hydrogen-bond acceptors (Lipinski definition) is 1. The van der Waals surface area contributed by atoms with Crippen LogP contribution in [-0.2, 0) is 6.54 Å². The molecule has 1 aromatic carbocycles. The van der Waals surface area contributed by atoms with Crippen molar-refractivity contribution >= 4 is 0 Å². The molecule has 1 aliphatic rings. The van der Waals surface area contributed by atoms with Crippen LogP contribution in [0.3, 0.4) is 0 Å². The average Bonchev–Trinajstić information content (AvgIpc) is 2.80. The van der Waals surface area contributed by atoms with Gasteiger partial charge in [-0.15, -0.1) is 0 Å². The van der Waals surface area contributed by atoms with E-state index in [0.29, 0.717) is 0 Å². The topological polar surface area (TPSA) is 17.8 Å². The lowest BCUT2D eigenvalue weighted by Crippen LogP contribution is -2.15. The van der Waals surface area contributed by atoms with E-state index in [1.807, 2.05) is 6.20 Å². The van der Waals surface area contributed by atoms with Gasteiger partial charge < -0.3 is 4.57 Å². The normalized spacial score (nSPS) is 19.1. The Labute approximate surface area is 97.9 Å². The fourth-order valence-electron chi connectivity index (χ4n) is 2.49. The van der Waals surface area contributed by atoms with Crippen LogP contribution in [0.25, 0.3) is 0 Å². The van der Waals surface area contributed by atoms with Gasteiger partial charge in [0.2, 0.25) is 0 Å². The molecule has 0 radical (unpaired) electrons. The number of nitrogens with zero attached hydrogens (tertiary/aromatic N) is 2. The number of hydrogen-bond donors (Lipinski definition) is 0. The Balaban J connectivity index is 2.03. The second kappa shape index (κ2) is 3.95. The van der Waals surface area contributed by atoms with Gasteiger partial charge in [-0.3, -0.25) is 0 Å². The molecule has 1 aliphatic heterocycles. The van der Waals surface area contributed by atoms with E-state index in [0.717, 1.165) is 30.6 Å². The summed E-state index contributed by atoms with van der Waals surface area (Å²) in [4.78, 5) is 4.11. The molecule has 17 heavy (non-hydrogen) atoms. The molecule has 2 aromatic rings. The third kappa shape index (κ3) is 1.73. The third-order valence-electron chi connectivity index (χ3n) is 3.34. The summed E-state index contributed by atoms with van der Waals surface area (Å²) in [5.74, 6) is -1.45. The summed E-state index contributed by atoms with van der Waals surface area (Å²) >= 11 is 0. The minimum Gasteiger partial charge on any atom is -0.334 e. The summed E-state index contributed by atoms with van der Waals surface area (Å²) in [6.07, 6.45) is 5.59. The Morgan fingerprint density at radius 1 is 1.24 bits per heavy atom. The minimum absolute atomic E-state index is 0.126. The Morgan fingerprint density at radius 2 is 2.12 bits per heavy atom. The first-order valence-electron chi connectivity index (χ1n) is 5.70. The van der Waals surface area contributed by atoms with Crippen LogP contribution < -0.4 is 0 Å². The molecular weight excluding hydrogens is 222 g/mol. The molecular formula is C13H12F2N2. The molecule has 1 unspecified atom stereocenters. The summed E-state index contributed by atoms with van der Waals surface area (Å²) in [5.41, 5.74) is 1.91. The second-order valence-corrected chi connectivity index (χ2v) is 4.38. The Morgan fingerprint density at radius 3 is 2.94 bits per heavy atom. The highest BCUT2D eigenvalue weighted by Gasteiger charge is 2.22. The largest absolute Gasteiger partial charge is 0.334 e. The van der Waals surface area contributed by atoms with E-state index in [1.54, 1.807) is 12.4 Å². The molecule has 0 amide bonds. The van der Waals surface area contributed by atoms with Gasteiger partial charge in [0.05, 0.1) is 6.33 Å². The highest BCUT2D eigenvalue weighted by molar-refractivity contribution is 5.29. The van der Waals surface area contributed by atoms with Crippen molar-refractivity contribution in [2.75, 3.05) is 0 Å². The molecule has 0 spiro atoms. The zero-order chi connectivity index (χ0) is 11.8. The molecule has 0 saturated carbocycles. The Bertz CT molecular complexity index is 548. The van der Waals surface area contributed by atoms with Crippen LogP contribution in [0.1, 0.15) is 30.0 Å². The minimum atomic E-state index is -0.793. The zero-order valence-electron chi connectivity index (χ0n) is 9.24. The van der Waals surface area contributed by atoms with Crippen molar-refractivity contribution in [2.45, 2.75) is 25.3 Å². The summed E-state index contributed by atoms with van der Waals surface area (Å²) in [6, 6.07) is 4.15. The monoisotopic (exact) mass is 234 g/mol. The van der Waals surface area contributed by atoms with Crippen LogP contribution in [0.5, 0.6) is 0 Å². The van der Waals surface area contributed by atoms with Crippen LogP contribution in [0, 0.1) is 11.6 Å². The number of imidazole rings is 1. The maximum absolute atomic E-state index is 13.2. The maximum atomic E-state index is 13.2. The van der Waals surface area contributed by atoms with E-state index < -0.39 is 11.6 Å². The highest BCUT2D eigenvalue weighted by atomic mass is 19.2. The van der Waals surface area contributed by atoms with Crippen LogP contribution in [0.15, 0.2) is 30.7 Å². The van der Waals surface area contributed by atoms with Gasteiger partial charge >= 0.3 is 0 Å². The van der Waals surface area contributed by atoms with Crippen molar-refractivity contribution in [3.05, 3.63) is 53.6 Å². The van der Waals surface area contributed by atoms with Gasteiger partial charge in [-0.25, -0.2) is 13.8 Å². The molecule has 0 fully saturated rings. The standard InChI is InChI=1S/C13H12F2N2/c14-11-4-3-9(6-12(11)15)10-2-1-5-17-8-16-7-13(10)17/h3-4,6-8,10H,1-2,5H2. The summed E-state index contributed by atoms with van der Waals surface area (Å²) in [5, 5.41) is 0. The van der Waals surface area contributed by atoms with Gasteiger partial charge in [0.15, 0.2) is 11.6 Å². The lowest BCUT2D eigenvalue weighted by atomic mass is 9.89. The van der Waals surface area contributed by atoms with Gasteiger partial charge in [0.1, 0.15) is 0 Å². The summed E-state index contributed by atoms with van der Waals surface area (Å²) in [7, 11) is 0. The van der Waals surface area contributed by atoms with E-state index >= 15 is 0 Å². The smallest absolute Gasteiger partial charge is 0.159 e. The highest BCUT2D eigenvalue weighted by Crippen LogP contribution is 2.33. The van der Waals surface area contributed by atoms with Gasteiger partial charge in [-0.2, -0.15) is 0 Å². The van der Waals surface area contributed by atoms with Crippen molar-refractivity contribution in [3.63, 3.8) is 0 Å². The molecule has 2 nitrogen and oxygen atoms in total. The lowest BCUT2D eigenvalue weighted by Gasteiger charge is -2.24. The van der Waals surface area contributed by atoms with Gasteiger partial charge in [0, 0.05) is 24.4 Å². The molecule has 0 N–H and O–H groups in total. The molecule has 3 rings (SSSR count). The van der Waals surface area contributed by atoms with E-state index in [4.69, 9.17) is 0 Å². The first-order chi connectivity index (χ1) is 8.25. The maximum Gasteiger partial charge on any atom is 0.159 e. The molecule has 88 valence electrons. The van der Waals surface area contributed by atoms with Crippen molar-refractivity contribution in [3.8, 4) is 0 Å². The fourth-order valence-corrected chi connectivity index (χ4v) is 2.49. The molecule has 0 saturated heterocycles. The van der Waals surface area contributed by atoms with E-state index in [2.05, 4.69) is 9.55 Å². The average molecular weight is 234 g/mol. The molecule has 0 aliphatic carbocycles. The van der Waals surface area contributed by atoms with Crippen LogP contribution in [0.2, 0.25) is 0 Å². The predicted octanol–water partition coefficient (Wildman–Crippen LogP) is 3.09. The molecule has 2 heterocycles. The van der Waals surface area contributed by atoms with Crippen molar-refractivity contribution in [1.29, 1.82) is 0 Å². The van der Waals surface area contributed by atoms with Gasteiger partial charge in [-0.1, -0.05) is 6.07 Å². The van der Waals surface area contributed by atoms with Crippen LogP contribution >= 0.6 is 0 Å². The summed E-state index contributed by atoms with van der Waals surface area (Å²) in [6.45, 7) is 0.954. The van der Waals surface area contributed by atoms with E-state index in [-0.39, 0.29) is 5.92 Å². The van der Waals surface area contributed by atoms with Crippen molar-refractivity contribution in [2.24, 2.45) is 0 Å². The number of aromatic nitrogens is 2. The predicted molar refractivity (Wildman–Crippen MR) is 59.7 cm³/mol.